The molecule has 1 aliphatic heterocycles. The Balaban J connectivity index is 1.72. The molecule has 2 aromatic rings. The molecule has 24 heavy (non-hydrogen) atoms. The summed E-state index contributed by atoms with van der Waals surface area (Å²) in [7, 11) is 0. The van der Waals surface area contributed by atoms with Crippen molar-refractivity contribution in [3.8, 4) is 11.4 Å². The number of carboxylic acids is 1. The smallest absolute Gasteiger partial charge is 0.335 e. The molecule has 0 bridgehead atoms. The largest absolute Gasteiger partial charge is 0.478 e. The molecule has 1 aliphatic rings. The highest BCUT2D eigenvalue weighted by Crippen LogP contribution is 2.19. The van der Waals surface area contributed by atoms with E-state index < -0.39 is 5.97 Å². The van der Waals surface area contributed by atoms with Gasteiger partial charge < -0.3 is 10.4 Å². The third-order valence-electron chi connectivity index (χ3n) is 4.33. The van der Waals surface area contributed by atoms with Gasteiger partial charge in [0.1, 0.15) is 0 Å². The number of hydrogen-bond donors (Lipinski definition) is 2. The number of nitrogens with one attached hydrogen (secondary N) is 1. The zero-order chi connectivity index (χ0) is 16.9. The maximum atomic E-state index is 11.1. The number of aromatic carboxylic acids is 1. The van der Waals surface area contributed by atoms with E-state index in [2.05, 4.69) is 32.1 Å². The summed E-state index contributed by atoms with van der Waals surface area (Å²) in [6.45, 7) is 5.19. The van der Waals surface area contributed by atoms with E-state index >= 15 is 0 Å². The van der Waals surface area contributed by atoms with Crippen LogP contribution in [0, 0.1) is 0 Å². The first-order valence-corrected chi connectivity index (χ1v) is 8.18. The number of likely N-dealkylation sites (tertiary alicyclic amines) is 1. The molecule has 0 saturated carbocycles. The molecule has 126 valence electrons. The fraction of sp³-hybridized carbons (Fsp3) is 0.412. The minimum Gasteiger partial charge on any atom is -0.478 e. The van der Waals surface area contributed by atoms with E-state index in [1.807, 2.05) is 0 Å². The quantitative estimate of drug-likeness (QED) is 0.840. The van der Waals surface area contributed by atoms with Crippen LogP contribution in [0.1, 0.15) is 30.1 Å². The van der Waals surface area contributed by atoms with E-state index in [0.717, 1.165) is 19.6 Å². The second kappa shape index (κ2) is 7.35. The maximum Gasteiger partial charge on any atom is 0.335 e. The Labute approximate surface area is 140 Å². The lowest BCUT2D eigenvalue weighted by Gasteiger charge is -2.22. The normalized spacial score (nSPS) is 17.8. The van der Waals surface area contributed by atoms with Gasteiger partial charge in [0.2, 0.25) is 5.95 Å². The third-order valence-corrected chi connectivity index (χ3v) is 4.33. The molecule has 2 aromatic heterocycles. The van der Waals surface area contributed by atoms with Crippen molar-refractivity contribution < 1.29 is 9.90 Å². The van der Waals surface area contributed by atoms with E-state index in [-0.39, 0.29) is 5.56 Å². The summed E-state index contributed by atoms with van der Waals surface area (Å²) in [6, 6.07) is 5.22. The Hall–Kier alpha value is -2.54. The lowest BCUT2D eigenvalue weighted by molar-refractivity contribution is 0.0697. The molecule has 0 aromatic carbocycles. The van der Waals surface area contributed by atoms with Crippen LogP contribution in [0.15, 0.2) is 30.6 Å². The number of anilines is 1. The van der Waals surface area contributed by atoms with Crippen LogP contribution in [-0.2, 0) is 0 Å². The SMILES string of the molecule is CCN1CCC[C@@H]1CNc1nccc(-c2cc(C(=O)O)ccn2)n1. The van der Waals surface area contributed by atoms with Crippen LogP contribution >= 0.6 is 0 Å². The Morgan fingerprint density at radius 3 is 2.96 bits per heavy atom. The highest BCUT2D eigenvalue weighted by atomic mass is 16.4. The topological polar surface area (TPSA) is 91.2 Å². The van der Waals surface area contributed by atoms with Crippen LogP contribution in [0.3, 0.4) is 0 Å². The Bertz CT molecular complexity index is 722. The fourth-order valence-electron chi connectivity index (χ4n) is 3.04. The van der Waals surface area contributed by atoms with Gasteiger partial charge in [0.15, 0.2) is 0 Å². The standard InChI is InChI=1S/C17H21N5O2/c1-2-22-9-3-4-13(22)11-20-17-19-8-6-14(21-17)15-10-12(16(23)24)5-7-18-15/h5-8,10,13H,2-4,9,11H2,1H3,(H,23,24)(H,19,20,21)/t13-/m1/s1. The highest BCUT2D eigenvalue weighted by Gasteiger charge is 2.22. The van der Waals surface area contributed by atoms with Gasteiger partial charge in [0, 0.05) is 25.0 Å². The molecule has 0 unspecified atom stereocenters. The van der Waals surface area contributed by atoms with Crippen molar-refractivity contribution in [2.75, 3.05) is 25.0 Å². The van der Waals surface area contributed by atoms with E-state index in [4.69, 9.17) is 5.11 Å². The average Bonchev–Trinajstić information content (AvgIpc) is 3.08. The molecule has 3 rings (SSSR count). The summed E-state index contributed by atoms with van der Waals surface area (Å²) in [5, 5.41) is 12.4. The van der Waals surface area contributed by atoms with Crippen molar-refractivity contribution in [3.05, 3.63) is 36.2 Å². The van der Waals surface area contributed by atoms with Crippen molar-refractivity contribution in [2.24, 2.45) is 0 Å². The van der Waals surface area contributed by atoms with Crippen molar-refractivity contribution >= 4 is 11.9 Å². The van der Waals surface area contributed by atoms with Crippen LogP contribution < -0.4 is 5.32 Å². The lowest BCUT2D eigenvalue weighted by Crippen LogP contribution is -2.34. The summed E-state index contributed by atoms with van der Waals surface area (Å²) in [5.41, 5.74) is 1.32. The molecule has 7 heteroatoms. The molecule has 7 nitrogen and oxygen atoms in total. The Morgan fingerprint density at radius 1 is 1.33 bits per heavy atom. The number of rotatable bonds is 6. The minimum atomic E-state index is -0.980. The van der Waals surface area contributed by atoms with Crippen LogP contribution in [-0.4, -0.2) is 56.6 Å². The second-order valence-corrected chi connectivity index (χ2v) is 5.81. The fourth-order valence-corrected chi connectivity index (χ4v) is 3.04. The zero-order valence-electron chi connectivity index (χ0n) is 13.6. The summed E-state index contributed by atoms with van der Waals surface area (Å²) >= 11 is 0. The predicted octanol–water partition coefficient (Wildman–Crippen LogP) is 2.13. The van der Waals surface area contributed by atoms with Crippen molar-refractivity contribution in [3.63, 3.8) is 0 Å². The summed E-state index contributed by atoms with van der Waals surface area (Å²) < 4.78 is 0. The van der Waals surface area contributed by atoms with Gasteiger partial charge in [-0.05, 0) is 44.1 Å². The van der Waals surface area contributed by atoms with Crippen LogP contribution in [0.25, 0.3) is 11.4 Å². The number of carboxylic acid groups (broad SMARTS) is 1. The number of pyridine rings is 1. The second-order valence-electron chi connectivity index (χ2n) is 5.81. The van der Waals surface area contributed by atoms with Gasteiger partial charge in [-0.15, -0.1) is 0 Å². The maximum absolute atomic E-state index is 11.1. The van der Waals surface area contributed by atoms with Gasteiger partial charge in [-0.1, -0.05) is 6.92 Å². The highest BCUT2D eigenvalue weighted by molar-refractivity contribution is 5.88. The first kappa shape index (κ1) is 16.3. The number of carbonyl (C=O) groups is 1. The molecule has 2 N–H and O–H groups in total. The van der Waals surface area contributed by atoms with Crippen LogP contribution in [0.2, 0.25) is 0 Å². The first-order chi connectivity index (χ1) is 11.7. The number of likely N-dealkylation sites (N-methyl/N-ethyl adjacent to an activating group) is 1. The Morgan fingerprint density at radius 2 is 2.17 bits per heavy atom. The molecule has 1 atom stereocenters. The predicted molar refractivity (Wildman–Crippen MR) is 91.0 cm³/mol. The molecule has 0 amide bonds. The average molecular weight is 327 g/mol. The van der Waals surface area contributed by atoms with Gasteiger partial charge >= 0.3 is 5.97 Å². The first-order valence-electron chi connectivity index (χ1n) is 8.18. The summed E-state index contributed by atoms with van der Waals surface area (Å²) in [5.74, 6) is -0.440. The van der Waals surface area contributed by atoms with Crippen molar-refractivity contribution in [1.29, 1.82) is 0 Å². The zero-order valence-corrected chi connectivity index (χ0v) is 13.6. The molecule has 0 aliphatic carbocycles. The van der Waals surface area contributed by atoms with E-state index in [1.165, 1.54) is 31.2 Å². The number of aromatic nitrogens is 3. The monoisotopic (exact) mass is 327 g/mol. The summed E-state index contributed by atoms with van der Waals surface area (Å²) in [6.07, 6.45) is 5.55. The van der Waals surface area contributed by atoms with Crippen molar-refractivity contribution in [1.82, 2.24) is 19.9 Å². The van der Waals surface area contributed by atoms with E-state index in [9.17, 15) is 4.79 Å². The van der Waals surface area contributed by atoms with Crippen LogP contribution in [0.4, 0.5) is 5.95 Å². The van der Waals surface area contributed by atoms with Crippen LogP contribution in [0.5, 0.6) is 0 Å². The number of nitrogens with zero attached hydrogens (tertiary/aromatic N) is 4. The van der Waals surface area contributed by atoms with Gasteiger partial charge in [-0.3, -0.25) is 9.88 Å². The molecular weight excluding hydrogens is 306 g/mol. The van der Waals surface area contributed by atoms with E-state index in [1.54, 1.807) is 12.3 Å². The van der Waals surface area contributed by atoms with Crippen molar-refractivity contribution in [2.45, 2.75) is 25.8 Å². The van der Waals surface area contributed by atoms with Gasteiger partial charge in [0.05, 0.1) is 17.0 Å². The minimum absolute atomic E-state index is 0.192. The third kappa shape index (κ3) is 3.68. The molecular formula is C17H21N5O2. The molecule has 0 spiro atoms. The molecule has 0 radical (unpaired) electrons. The van der Waals surface area contributed by atoms with Gasteiger partial charge in [0.25, 0.3) is 0 Å². The Kier molecular flexibility index (Phi) is 5.00. The lowest BCUT2D eigenvalue weighted by atomic mass is 10.2. The molecule has 1 saturated heterocycles. The molecule has 1 fully saturated rings. The molecule has 3 heterocycles. The summed E-state index contributed by atoms with van der Waals surface area (Å²) in [4.78, 5) is 26.5. The van der Waals surface area contributed by atoms with E-state index in [0.29, 0.717) is 23.4 Å². The van der Waals surface area contributed by atoms with Gasteiger partial charge in [-0.2, -0.15) is 0 Å². The van der Waals surface area contributed by atoms with Gasteiger partial charge in [-0.25, -0.2) is 14.8 Å². The number of hydrogen-bond acceptors (Lipinski definition) is 6.